The van der Waals surface area contributed by atoms with Crippen LogP contribution in [0.25, 0.3) is 0 Å². The van der Waals surface area contributed by atoms with Gasteiger partial charge in [-0.25, -0.2) is 0 Å². The molecule has 2 N–H and O–H groups in total. The molecule has 118 valence electrons. The third-order valence-corrected chi connectivity index (χ3v) is 3.73. The predicted octanol–water partition coefficient (Wildman–Crippen LogP) is 1.72. The predicted molar refractivity (Wildman–Crippen MR) is 80.9 cm³/mol. The number of hydrogen-bond donors (Lipinski definition) is 2. The lowest BCUT2D eigenvalue weighted by atomic mass is 9.94. The molecule has 1 fully saturated rings. The number of aliphatic hydroxyl groups is 1. The fourth-order valence-electron chi connectivity index (χ4n) is 2.47. The Morgan fingerprint density at radius 2 is 2.05 bits per heavy atom. The van der Waals surface area contributed by atoms with Crippen molar-refractivity contribution in [3.63, 3.8) is 0 Å². The molecule has 0 aliphatic carbocycles. The first kappa shape index (κ1) is 16.1. The summed E-state index contributed by atoms with van der Waals surface area (Å²) in [7, 11) is 1.64. The number of ether oxygens (including phenoxy) is 3. The fourth-order valence-corrected chi connectivity index (χ4v) is 2.47. The van der Waals surface area contributed by atoms with E-state index in [1.807, 2.05) is 25.1 Å². The second-order valence-electron chi connectivity index (χ2n) is 5.36. The highest BCUT2D eigenvalue weighted by atomic mass is 16.5. The molecule has 0 atom stereocenters. The van der Waals surface area contributed by atoms with Gasteiger partial charge in [0.1, 0.15) is 0 Å². The van der Waals surface area contributed by atoms with Crippen molar-refractivity contribution in [2.45, 2.75) is 31.9 Å². The molecule has 2 rings (SSSR count). The maximum atomic E-state index is 10.4. The van der Waals surface area contributed by atoms with E-state index in [9.17, 15) is 5.11 Å². The minimum atomic E-state index is -0.645. The summed E-state index contributed by atoms with van der Waals surface area (Å²) in [6.45, 7) is 5.09. The van der Waals surface area contributed by atoms with Crippen molar-refractivity contribution in [3.05, 3.63) is 23.8 Å². The number of nitrogens with one attached hydrogen (secondary N) is 1. The van der Waals surface area contributed by atoms with Gasteiger partial charge in [0.15, 0.2) is 11.5 Å². The van der Waals surface area contributed by atoms with Crippen molar-refractivity contribution in [1.82, 2.24) is 5.32 Å². The van der Waals surface area contributed by atoms with E-state index >= 15 is 0 Å². The zero-order valence-electron chi connectivity index (χ0n) is 12.9. The zero-order chi connectivity index (χ0) is 15.1. The van der Waals surface area contributed by atoms with E-state index in [2.05, 4.69) is 5.32 Å². The quantitative estimate of drug-likeness (QED) is 0.802. The van der Waals surface area contributed by atoms with Crippen LogP contribution >= 0.6 is 0 Å². The van der Waals surface area contributed by atoms with E-state index in [1.165, 1.54) is 0 Å². The lowest BCUT2D eigenvalue weighted by Gasteiger charge is -2.32. The summed E-state index contributed by atoms with van der Waals surface area (Å²) < 4.78 is 16.1. The molecule has 0 saturated carbocycles. The monoisotopic (exact) mass is 295 g/mol. The van der Waals surface area contributed by atoms with E-state index in [-0.39, 0.29) is 0 Å². The second-order valence-corrected chi connectivity index (χ2v) is 5.36. The SMILES string of the molecule is CCOc1cc(CNCC2(O)CCOCC2)ccc1OC. The van der Waals surface area contributed by atoms with Crippen LogP contribution in [0.2, 0.25) is 0 Å². The van der Waals surface area contributed by atoms with Gasteiger partial charge in [0, 0.05) is 39.1 Å². The van der Waals surface area contributed by atoms with Crippen molar-refractivity contribution in [1.29, 1.82) is 0 Å². The Morgan fingerprint density at radius 3 is 2.71 bits per heavy atom. The van der Waals surface area contributed by atoms with Crippen LogP contribution in [0.5, 0.6) is 11.5 Å². The average molecular weight is 295 g/mol. The summed E-state index contributed by atoms with van der Waals surface area (Å²) >= 11 is 0. The summed E-state index contributed by atoms with van der Waals surface area (Å²) in [5.41, 5.74) is 0.461. The van der Waals surface area contributed by atoms with E-state index < -0.39 is 5.60 Å². The van der Waals surface area contributed by atoms with E-state index in [4.69, 9.17) is 14.2 Å². The Hall–Kier alpha value is -1.30. The first-order chi connectivity index (χ1) is 10.2. The Balaban J connectivity index is 1.89. The molecule has 0 aromatic heterocycles. The van der Waals surface area contributed by atoms with Crippen LogP contribution < -0.4 is 14.8 Å². The topological polar surface area (TPSA) is 60.0 Å². The molecule has 1 aliphatic rings. The van der Waals surface area contributed by atoms with Gasteiger partial charge < -0.3 is 24.6 Å². The van der Waals surface area contributed by atoms with Crippen LogP contribution in [0.4, 0.5) is 0 Å². The Labute approximate surface area is 126 Å². The molecule has 0 amide bonds. The first-order valence-corrected chi connectivity index (χ1v) is 7.47. The van der Waals surface area contributed by atoms with Crippen LogP contribution in [-0.2, 0) is 11.3 Å². The summed E-state index contributed by atoms with van der Waals surface area (Å²) in [5, 5.41) is 13.7. The highest BCUT2D eigenvalue weighted by Crippen LogP contribution is 2.28. The Bertz CT molecular complexity index is 444. The van der Waals surface area contributed by atoms with Crippen molar-refractivity contribution < 1.29 is 19.3 Å². The van der Waals surface area contributed by atoms with Gasteiger partial charge in [-0.3, -0.25) is 0 Å². The minimum Gasteiger partial charge on any atom is -0.493 e. The van der Waals surface area contributed by atoms with E-state index in [1.54, 1.807) is 7.11 Å². The molecule has 1 aromatic rings. The van der Waals surface area contributed by atoms with Crippen molar-refractivity contribution in [3.8, 4) is 11.5 Å². The molecule has 1 heterocycles. The Morgan fingerprint density at radius 1 is 1.29 bits per heavy atom. The molecular formula is C16H25NO4. The normalized spacial score (nSPS) is 17.5. The largest absolute Gasteiger partial charge is 0.493 e. The van der Waals surface area contributed by atoms with E-state index in [0.29, 0.717) is 45.8 Å². The summed E-state index contributed by atoms with van der Waals surface area (Å²) in [6.07, 6.45) is 1.37. The minimum absolute atomic E-state index is 0.576. The van der Waals surface area contributed by atoms with Gasteiger partial charge in [-0.15, -0.1) is 0 Å². The third-order valence-electron chi connectivity index (χ3n) is 3.73. The van der Waals surface area contributed by atoms with Gasteiger partial charge in [-0.05, 0) is 24.6 Å². The van der Waals surface area contributed by atoms with Crippen LogP contribution in [0.3, 0.4) is 0 Å². The summed E-state index contributed by atoms with van der Waals surface area (Å²) in [4.78, 5) is 0. The molecule has 1 aliphatic heterocycles. The van der Waals surface area contributed by atoms with Crippen LogP contribution in [0, 0.1) is 0 Å². The molecule has 5 nitrogen and oxygen atoms in total. The zero-order valence-corrected chi connectivity index (χ0v) is 12.9. The number of rotatable bonds is 7. The number of methoxy groups -OCH3 is 1. The molecule has 0 spiro atoms. The number of hydrogen-bond acceptors (Lipinski definition) is 5. The van der Waals surface area contributed by atoms with Gasteiger partial charge in [0.05, 0.1) is 19.3 Å². The van der Waals surface area contributed by atoms with Gasteiger partial charge >= 0.3 is 0 Å². The fraction of sp³-hybridized carbons (Fsp3) is 0.625. The molecule has 0 unspecified atom stereocenters. The molecule has 0 bridgehead atoms. The molecule has 21 heavy (non-hydrogen) atoms. The molecule has 0 radical (unpaired) electrons. The van der Waals surface area contributed by atoms with Crippen LogP contribution in [0.1, 0.15) is 25.3 Å². The molecule has 1 aromatic carbocycles. The summed E-state index contributed by atoms with van der Waals surface area (Å²) in [5.74, 6) is 1.49. The van der Waals surface area contributed by atoms with Gasteiger partial charge in [0.25, 0.3) is 0 Å². The maximum absolute atomic E-state index is 10.4. The summed E-state index contributed by atoms with van der Waals surface area (Å²) in [6, 6.07) is 5.89. The average Bonchev–Trinajstić information content (AvgIpc) is 2.48. The van der Waals surface area contributed by atoms with Crippen LogP contribution in [-0.4, -0.2) is 44.2 Å². The molecule has 1 saturated heterocycles. The standard InChI is InChI=1S/C16H25NO4/c1-3-21-15-10-13(4-5-14(15)19-2)11-17-12-16(18)6-8-20-9-7-16/h4-5,10,17-18H,3,6-9,11-12H2,1-2H3. The smallest absolute Gasteiger partial charge is 0.161 e. The first-order valence-electron chi connectivity index (χ1n) is 7.47. The third kappa shape index (κ3) is 4.59. The molecule has 5 heteroatoms. The van der Waals surface area contributed by atoms with Gasteiger partial charge in [-0.1, -0.05) is 6.07 Å². The van der Waals surface area contributed by atoms with Crippen molar-refractivity contribution in [2.75, 3.05) is 33.5 Å². The number of benzene rings is 1. The molecular weight excluding hydrogens is 270 g/mol. The lowest BCUT2D eigenvalue weighted by Crippen LogP contribution is -2.44. The lowest BCUT2D eigenvalue weighted by molar-refractivity contribution is -0.0617. The van der Waals surface area contributed by atoms with Crippen molar-refractivity contribution in [2.24, 2.45) is 0 Å². The van der Waals surface area contributed by atoms with E-state index in [0.717, 1.165) is 17.1 Å². The maximum Gasteiger partial charge on any atom is 0.161 e. The van der Waals surface area contributed by atoms with Gasteiger partial charge in [-0.2, -0.15) is 0 Å². The highest BCUT2D eigenvalue weighted by Gasteiger charge is 2.29. The second kappa shape index (κ2) is 7.64. The van der Waals surface area contributed by atoms with Crippen LogP contribution in [0.15, 0.2) is 18.2 Å². The Kier molecular flexibility index (Phi) is 5.85. The van der Waals surface area contributed by atoms with Crippen molar-refractivity contribution >= 4 is 0 Å². The highest BCUT2D eigenvalue weighted by molar-refractivity contribution is 5.42. The van der Waals surface area contributed by atoms with Gasteiger partial charge in [0.2, 0.25) is 0 Å².